The van der Waals surface area contributed by atoms with Crippen molar-refractivity contribution in [2.24, 2.45) is 10.2 Å². The number of amides is 1. The molecule has 4 aromatic carbocycles. The summed E-state index contributed by atoms with van der Waals surface area (Å²) in [5, 5.41) is 22.6. The van der Waals surface area contributed by atoms with Crippen LogP contribution >= 0.6 is 11.6 Å². The Morgan fingerprint density at radius 1 is 1.03 bits per heavy atom. The lowest BCUT2D eigenvalue weighted by atomic mass is 10.0. The number of rotatable bonds is 6. The van der Waals surface area contributed by atoms with Crippen LogP contribution < -0.4 is 10.1 Å². The van der Waals surface area contributed by atoms with E-state index < -0.39 is 26.7 Å². The monoisotopic (exact) mass is 525 g/mol. The lowest BCUT2D eigenvalue weighted by Crippen LogP contribution is -2.12. The summed E-state index contributed by atoms with van der Waals surface area (Å²) >= 11 is 6.04. The number of azo groups is 1. The maximum Gasteiger partial charge on any atom is 0.298 e. The number of nitrogens with zero attached hydrogens (tertiary/aromatic N) is 2. The first-order valence-electron chi connectivity index (χ1n) is 10.5. The van der Waals surface area contributed by atoms with Gasteiger partial charge >= 0.3 is 0 Å². The van der Waals surface area contributed by atoms with Gasteiger partial charge in [-0.15, -0.1) is 10.2 Å². The van der Waals surface area contributed by atoms with Gasteiger partial charge in [0.1, 0.15) is 22.0 Å². The third kappa shape index (κ3) is 5.15. The van der Waals surface area contributed by atoms with E-state index >= 15 is 0 Å². The first-order chi connectivity index (χ1) is 17.1. The van der Waals surface area contributed by atoms with Crippen LogP contribution in [0.5, 0.6) is 11.5 Å². The summed E-state index contributed by atoms with van der Waals surface area (Å²) in [6, 6.07) is 17.8. The number of carbonyl (C=O) groups is 1. The molecule has 4 aromatic rings. The molecule has 1 amide bonds. The maximum absolute atomic E-state index is 13.1. The third-order valence-electron chi connectivity index (χ3n) is 5.25. The number of hydrogen-bond donors (Lipinski definition) is 3. The highest BCUT2D eigenvalue weighted by Gasteiger charge is 2.22. The van der Waals surface area contributed by atoms with Gasteiger partial charge in [-0.1, -0.05) is 41.9 Å². The van der Waals surface area contributed by atoms with E-state index in [0.717, 1.165) is 0 Å². The molecule has 0 fully saturated rings. The molecule has 0 unspecified atom stereocenters. The highest BCUT2D eigenvalue weighted by molar-refractivity contribution is 7.86. The summed E-state index contributed by atoms with van der Waals surface area (Å²) in [4.78, 5) is 12.4. The fourth-order valence-electron chi connectivity index (χ4n) is 3.64. The first kappa shape index (κ1) is 25.1. The zero-order chi connectivity index (χ0) is 26.0. The van der Waals surface area contributed by atoms with Crippen LogP contribution in [0.3, 0.4) is 0 Å². The minimum absolute atomic E-state index is 0.0668. The van der Waals surface area contributed by atoms with E-state index in [1.54, 1.807) is 55.5 Å². The highest BCUT2D eigenvalue weighted by Crippen LogP contribution is 2.41. The zero-order valence-electron chi connectivity index (χ0n) is 19.1. The molecule has 11 heteroatoms. The molecule has 0 bridgehead atoms. The van der Waals surface area contributed by atoms with Crippen molar-refractivity contribution in [3.63, 3.8) is 0 Å². The van der Waals surface area contributed by atoms with Crippen LogP contribution in [-0.2, 0) is 10.1 Å². The van der Waals surface area contributed by atoms with Crippen LogP contribution in [0.1, 0.15) is 15.9 Å². The van der Waals surface area contributed by atoms with E-state index in [2.05, 4.69) is 15.5 Å². The molecule has 0 saturated carbocycles. The third-order valence-corrected chi connectivity index (χ3v) is 6.61. The van der Waals surface area contributed by atoms with Crippen molar-refractivity contribution >= 4 is 55.5 Å². The van der Waals surface area contributed by atoms with E-state index in [4.69, 9.17) is 16.3 Å². The number of methoxy groups -OCH3 is 1. The fraction of sp³-hybridized carbons (Fsp3) is 0.0800. The molecular formula is C25H20ClN3O6S. The number of nitrogens with one attached hydrogen (secondary N) is 1. The lowest BCUT2D eigenvalue weighted by molar-refractivity contribution is 0.102. The van der Waals surface area contributed by atoms with Crippen molar-refractivity contribution < 1.29 is 27.6 Å². The van der Waals surface area contributed by atoms with Gasteiger partial charge in [-0.25, -0.2) is 0 Å². The van der Waals surface area contributed by atoms with Crippen LogP contribution in [0.15, 0.2) is 81.9 Å². The maximum atomic E-state index is 13.1. The summed E-state index contributed by atoms with van der Waals surface area (Å²) in [6.07, 6.45) is 0. The molecular weight excluding hydrogens is 506 g/mol. The second-order valence-corrected chi connectivity index (χ2v) is 9.56. The number of hydrogen-bond acceptors (Lipinski definition) is 7. The number of aromatic hydroxyl groups is 1. The number of ether oxygens (including phenoxy) is 1. The molecule has 3 N–H and O–H groups in total. The van der Waals surface area contributed by atoms with Gasteiger partial charge < -0.3 is 15.2 Å². The molecule has 36 heavy (non-hydrogen) atoms. The van der Waals surface area contributed by atoms with Gasteiger partial charge in [0.05, 0.1) is 17.7 Å². The molecule has 0 radical (unpaired) electrons. The molecule has 0 atom stereocenters. The average Bonchev–Trinajstić information content (AvgIpc) is 2.81. The Balaban J connectivity index is 1.84. The SMILES string of the molecule is COc1cccc(NC(=O)c2cc3ccccc3c(N=Nc3cc(C)cc(Cl)c3S(=O)(=O)O)c2O)c1. The molecule has 184 valence electrons. The number of carbonyl (C=O) groups excluding carboxylic acids is 1. The molecule has 0 aliphatic heterocycles. The molecule has 9 nitrogen and oxygen atoms in total. The number of phenolic OH excluding ortho intramolecular Hbond substituents is 1. The Bertz CT molecular complexity index is 1640. The summed E-state index contributed by atoms with van der Waals surface area (Å²) in [5.74, 6) is -0.540. The van der Waals surface area contributed by atoms with E-state index in [0.29, 0.717) is 27.8 Å². The van der Waals surface area contributed by atoms with E-state index in [1.807, 2.05) is 0 Å². The van der Waals surface area contributed by atoms with Crippen LogP contribution in [0.25, 0.3) is 10.8 Å². The minimum Gasteiger partial charge on any atom is -0.505 e. The topological polar surface area (TPSA) is 138 Å². The summed E-state index contributed by atoms with van der Waals surface area (Å²) in [6.45, 7) is 1.66. The van der Waals surface area contributed by atoms with Gasteiger partial charge in [-0.2, -0.15) is 8.42 Å². The number of aryl methyl sites for hydroxylation is 1. The second-order valence-electron chi connectivity index (χ2n) is 7.80. The van der Waals surface area contributed by atoms with Crippen LogP contribution in [0.2, 0.25) is 5.02 Å². The van der Waals surface area contributed by atoms with E-state index in [9.17, 15) is 22.9 Å². The quantitative estimate of drug-likeness (QED) is 0.196. The Labute approximate surface area is 211 Å². The van der Waals surface area contributed by atoms with Gasteiger partial charge in [0.2, 0.25) is 0 Å². The highest BCUT2D eigenvalue weighted by atomic mass is 35.5. The second kappa shape index (κ2) is 9.94. The molecule has 0 spiro atoms. The number of fused-ring (bicyclic) bond motifs is 1. The van der Waals surface area contributed by atoms with Gasteiger partial charge in [0.25, 0.3) is 16.0 Å². The average molecular weight is 526 g/mol. The number of benzene rings is 4. The molecule has 0 aliphatic rings. The predicted octanol–water partition coefficient (Wildman–Crippen LogP) is 6.43. The summed E-state index contributed by atoms with van der Waals surface area (Å²) < 4.78 is 38.6. The van der Waals surface area contributed by atoms with E-state index in [-0.39, 0.29) is 22.0 Å². The summed E-state index contributed by atoms with van der Waals surface area (Å²) in [5.41, 5.74) is 0.645. The molecule has 0 saturated heterocycles. The van der Waals surface area contributed by atoms with Crippen molar-refractivity contribution in [2.75, 3.05) is 12.4 Å². The number of phenols is 1. The van der Waals surface area contributed by atoms with Gasteiger partial charge in [-0.3, -0.25) is 9.35 Å². The predicted molar refractivity (Wildman–Crippen MR) is 137 cm³/mol. The van der Waals surface area contributed by atoms with Crippen molar-refractivity contribution in [1.29, 1.82) is 0 Å². The van der Waals surface area contributed by atoms with Crippen molar-refractivity contribution in [3.05, 3.63) is 82.9 Å². The molecule has 0 heterocycles. The number of halogens is 1. The smallest absolute Gasteiger partial charge is 0.298 e. The minimum atomic E-state index is -4.72. The van der Waals surface area contributed by atoms with Crippen molar-refractivity contribution in [2.45, 2.75) is 11.8 Å². The molecule has 4 rings (SSSR count). The van der Waals surface area contributed by atoms with Gasteiger partial charge in [0.15, 0.2) is 5.75 Å². The molecule has 0 aliphatic carbocycles. The zero-order valence-corrected chi connectivity index (χ0v) is 20.6. The van der Waals surface area contributed by atoms with Gasteiger partial charge in [0, 0.05) is 17.1 Å². The van der Waals surface area contributed by atoms with Crippen LogP contribution in [0, 0.1) is 6.92 Å². The largest absolute Gasteiger partial charge is 0.505 e. The Morgan fingerprint density at radius 2 is 1.78 bits per heavy atom. The van der Waals surface area contributed by atoms with E-state index in [1.165, 1.54) is 25.3 Å². The van der Waals surface area contributed by atoms with Gasteiger partial charge in [-0.05, 0) is 48.2 Å². The number of anilines is 1. The standard InChI is InChI=1S/C25H20ClN3O6S/c1-14-10-20(26)24(36(32,33)34)21(11-14)28-29-22-18-9-4-3-6-15(18)12-19(23(22)30)25(31)27-16-7-5-8-17(13-16)35-2/h3-13,30H,1-2H3,(H,27,31)(H,32,33,34). The fourth-order valence-corrected chi connectivity index (χ4v) is 4.87. The van der Waals surface area contributed by atoms with Crippen LogP contribution in [-0.4, -0.2) is 31.1 Å². The first-order valence-corrected chi connectivity index (χ1v) is 12.3. The Hall–Kier alpha value is -3.99. The Kier molecular flexibility index (Phi) is 6.93. The molecule has 0 aromatic heterocycles. The Morgan fingerprint density at radius 3 is 2.50 bits per heavy atom. The summed E-state index contributed by atoms with van der Waals surface area (Å²) in [7, 11) is -3.22. The van der Waals surface area contributed by atoms with Crippen molar-refractivity contribution in [3.8, 4) is 11.5 Å². The van der Waals surface area contributed by atoms with Crippen LogP contribution in [0.4, 0.5) is 17.1 Å². The lowest BCUT2D eigenvalue weighted by Gasteiger charge is -2.12. The van der Waals surface area contributed by atoms with Crippen molar-refractivity contribution in [1.82, 2.24) is 0 Å². The normalized spacial score (nSPS) is 11.7.